The van der Waals surface area contributed by atoms with Crippen molar-refractivity contribution < 1.29 is 32.0 Å². The van der Waals surface area contributed by atoms with Crippen LogP contribution in [0.5, 0.6) is 0 Å². The van der Waals surface area contributed by atoms with Gasteiger partial charge in [-0.05, 0) is 18.2 Å². The third-order valence-electron chi connectivity index (χ3n) is 2.05. The molecule has 7 nitrogen and oxygen atoms in total. The smallest absolute Gasteiger partial charge is 0.337 e. The van der Waals surface area contributed by atoms with Gasteiger partial charge in [-0.15, -0.1) is 0 Å². The fourth-order valence-electron chi connectivity index (χ4n) is 1.22. The van der Waals surface area contributed by atoms with Crippen LogP contribution < -0.4 is 0 Å². The van der Waals surface area contributed by atoms with Crippen molar-refractivity contribution in [2.75, 3.05) is 14.2 Å². The molecule has 9 heteroatoms. The minimum absolute atomic E-state index is 0. The molecule has 100 valence electrons. The Labute approximate surface area is 139 Å². The summed E-state index contributed by atoms with van der Waals surface area (Å²) in [7, 11) is -2.35. The van der Waals surface area contributed by atoms with Gasteiger partial charge in [-0.3, -0.25) is 4.55 Å². The third-order valence-corrected chi connectivity index (χ3v) is 2.88. The zero-order valence-corrected chi connectivity index (χ0v) is 13.3. The van der Waals surface area contributed by atoms with Crippen LogP contribution in [-0.2, 0) is 19.6 Å². The topological polar surface area (TPSA) is 107 Å². The van der Waals surface area contributed by atoms with Crippen molar-refractivity contribution in [3.63, 3.8) is 0 Å². The Morgan fingerprint density at radius 1 is 1.00 bits per heavy atom. The van der Waals surface area contributed by atoms with Crippen molar-refractivity contribution in [1.82, 2.24) is 0 Å². The number of hydrogen-bond donors (Lipinski definition) is 1. The first-order valence-corrected chi connectivity index (χ1v) is 6.03. The van der Waals surface area contributed by atoms with Crippen LogP contribution in [0.25, 0.3) is 0 Å². The number of hydrogen-bond acceptors (Lipinski definition) is 6. The second-order valence-corrected chi connectivity index (χ2v) is 4.63. The van der Waals surface area contributed by atoms with E-state index >= 15 is 0 Å². The third kappa shape index (κ3) is 4.73. The van der Waals surface area contributed by atoms with E-state index < -0.39 is 27.0 Å². The number of benzene rings is 1. The average Bonchev–Trinajstić information content (AvgIpc) is 2.35. The van der Waals surface area contributed by atoms with E-state index in [1.807, 2.05) is 0 Å². The molecule has 0 saturated carbocycles. The van der Waals surface area contributed by atoms with Crippen LogP contribution in [0, 0.1) is 0 Å². The maximum absolute atomic E-state index is 11.3. The number of rotatable bonds is 3. The van der Waals surface area contributed by atoms with Crippen molar-refractivity contribution in [1.29, 1.82) is 0 Å². The molecule has 0 spiro atoms. The molecular formula is C10H10CaO7S. The Morgan fingerprint density at radius 3 is 1.63 bits per heavy atom. The molecule has 0 aliphatic carbocycles. The van der Waals surface area contributed by atoms with Crippen LogP contribution in [0.4, 0.5) is 0 Å². The molecule has 0 atom stereocenters. The molecule has 19 heavy (non-hydrogen) atoms. The standard InChI is InChI=1S/C10H10O7S.Ca/c1-16-9(11)6-3-7(10(12)17-2)5-8(4-6)18(13,14)15;/h3-5H,1-2H3,(H,13,14,15);. The molecule has 0 aliphatic rings. The first-order valence-electron chi connectivity index (χ1n) is 4.59. The molecule has 1 aromatic rings. The van der Waals surface area contributed by atoms with Gasteiger partial charge >= 0.3 is 11.9 Å². The molecule has 0 saturated heterocycles. The molecule has 0 bridgehead atoms. The maximum atomic E-state index is 11.3. The van der Waals surface area contributed by atoms with E-state index in [1.54, 1.807) is 0 Å². The van der Waals surface area contributed by atoms with Crippen LogP contribution >= 0.6 is 0 Å². The van der Waals surface area contributed by atoms with Gasteiger partial charge in [0.2, 0.25) is 0 Å². The molecule has 0 fully saturated rings. The van der Waals surface area contributed by atoms with E-state index in [2.05, 4.69) is 9.47 Å². The predicted molar refractivity (Wildman–Crippen MR) is 64.7 cm³/mol. The zero-order chi connectivity index (χ0) is 13.9. The van der Waals surface area contributed by atoms with Gasteiger partial charge < -0.3 is 9.47 Å². The van der Waals surface area contributed by atoms with E-state index in [4.69, 9.17) is 4.55 Å². The molecule has 0 amide bonds. The first kappa shape index (κ1) is 18.3. The Morgan fingerprint density at radius 2 is 1.37 bits per heavy atom. The molecule has 2 radical (unpaired) electrons. The molecule has 0 aromatic heterocycles. The number of esters is 2. The van der Waals surface area contributed by atoms with Crippen LogP contribution in [0.3, 0.4) is 0 Å². The summed E-state index contributed by atoms with van der Waals surface area (Å²) < 4.78 is 39.7. The van der Waals surface area contributed by atoms with E-state index in [1.165, 1.54) is 0 Å². The normalized spacial score (nSPS) is 10.3. The fraction of sp³-hybridized carbons (Fsp3) is 0.200. The summed E-state index contributed by atoms with van der Waals surface area (Å²) in [6, 6.07) is 2.90. The molecule has 1 rings (SSSR count). The van der Waals surface area contributed by atoms with E-state index in [-0.39, 0.29) is 48.9 Å². The SMILES string of the molecule is COC(=O)c1cc(C(=O)OC)cc(S(=O)(=O)O)c1.[Ca]. The summed E-state index contributed by atoms with van der Waals surface area (Å²) in [6.07, 6.45) is 0. The van der Waals surface area contributed by atoms with Gasteiger partial charge in [-0.1, -0.05) is 0 Å². The Balaban J connectivity index is 0.00000324. The van der Waals surface area contributed by atoms with Gasteiger partial charge in [0.1, 0.15) is 0 Å². The quantitative estimate of drug-likeness (QED) is 0.480. The summed E-state index contributed by atoms with van der Waals surface area (Å²) >= 11 is 0. The van der Waals surface area contributed by atoms with E-state index in [9.17, 15) is 18.0 Å². The minimum Gasteiger partial charge on any atom is -0.465 e. The number of carbonyl (C=O) groups excluding carboxylic acids is 2. The summed E-state index contributed by atoms with van der Waals surface area (Å²) in [5.74, 6) is -1.68. The largest absolute Gasteiger partial charge is 0.465 e. The summed E-state index contributed by atoms with van der Waals surface area (Å²) in [6.45, 7) is 0. The van der Waals surface area contributed by atoms with Gasteiger partial charge in [0.25, 0.3) is 10.1 Å². The number of ether oxygens (including phenoxy) is 2. The van der Waals surface area contributed by atoms with E-state index in [0.29, 0.717) is 0 Å². The number of methoxy groups -OCH3 is 2. The molecule has 0 unspecified atom stereocenters. The van der Waals surface area contributed by atoms with Gasteiger partial charge in [-0.2, -0.15) is 8.42 Å². The van der Waals surface area contributed by atoms with Gasteiger partial charge in [0, 0.05) is 37.7 Å². The maximum Gasteiger partial charge on any atom is 0.337 e. The molecule has 0 aliphatic heterocycles. The van der Waals surface area contributed by atoms with Gasteiger partial charge in [0.05, 0.1) is 30.2 Å². The zero-order valence-electron chi connectivity index (χ0n) is 10.2. The van der Waals surface area contributed by atoms with Crippen molar-refractivity contribution in [2.24, 2.45) is 0 Å². The first-order chi connectivity index (χ1) is 8.29. The monoisotopic (exact) mass is 314 g/mol. The second kappa shape index (κ2) is 7.20. The summed E-state index contributed by atoms with van der Waals surface area (Å²) in [5.41, 5.74) is -0.374. The molecule has 0 heterocycles. The minimum atomic E-state index is -4.55. The van der Waals surface area contributed by atoms with Crippen LogP contribution in [0.1, 0.15) is 20.7 Å². The summed E-state index contributed by atoms with van der Waals surface area (Å²) in [5, 5.41) is 0. The van der Waals surface area contributed by atoms with E-state index in [0.717, 1.165) is 32.4 Å². The van der Waals surface area contributed by atoms with Crippen molar-refractivity contribution in [3.8, 4) is 0 Å². The molecule has 1 aromatic carbocycles. The molecule has 1 N–H and O–H groups in total. The second-order valence-electron chi connectivity index (χ2n) is 3.20. The predicted octanol–water partition coefficient (Wildman–Crippen LogP) is 0.126. The van der Waals surface area contributed by atoms with Crippen molar-refractivity contribution in [3.05, 3.63) is 29.3 Å². The Bertz CT molecular complexity index is 560. The van der Waals surface area contributed by atoms with Gasteiger partial charge in [0.15, 0.2) is 0 Å². The Hall–Kier alpha value is -0.670. The average molecular weight is 314 g/mol. The fourth-order valence-corrected chi connectivity index (χ4v) is 1.77. The molecular weight excluding hydrogens is 304 g/mol. The number of carbonyl (C=O) groups is 2. The van der Waals surface area contributed by atoms with Crippen molar-refractivity contribution in [2.45, 2.75) is 4.90 Å². The van der Waals surface area contributed by atoms with Crippen LogP contribution in [-0.4, -0.2) is 76.9 Å². The summed E-state index contributed by atoms with van der Waals surface area (Å²) in [4.78, 5) is 22.0. The van der Waals surface area contributed by atoms with Crippen molar-refractivity contribution >= 4 is 59.8 Å². The van der Waals surface area contributed by atoms with Gasteiger partial charge in [-0.25, -0.2) is 9.59 Å². The Kier molecular flexibility index (Phi) is 6.95. The van der Waals surface area contributed by atoms with Crippen LogP contribution in [0.15, 0.2) is 23.1 Å². The van der Waals surface area contributed by atoms with Crippen LogP contribution in [0.2, 0.25) is 0 Å².